The van der Waals surface area contributed by atoms with E-state index in [9.17, 15) is 0 Å². The minimum absolute atomic E-state index is 0.722. The summed E-state index contributed by atoms with van der Waals surface area (Å²) >= 11 is 0. The highest BCUT2D eigenvalue weighted by atomic mass is 16.5. The average molecular weight is 235 g/mol. The first-order valence-electron chi connectivity index (χ1n) is 6.73. The molecule has 0 saturated heterocycles. The Hall–Kier alpha value is -1.18. The van der Waals surface area contributed by atoms with E-state index in [-0.39, 0.29) is 0 Å². The van der Waals surface area contributed by atoms with Gasteiger partial charge < -0.3 is 10.1 Å². The number of benzene rings is 1. The molecule has 0 amide bonds. The summed E-state index contributed by atoms with van der Waals surface area (Å²) in [4.78, 5) is 0. The molecule has 96 valence electrons. The van der Waals surface area contributed by atoms with Gasteiger partial charge in [-0.3, -0.25) is 0 Å². The Morgan fingerprint density at radius 3 is 2.76 bits per heavy atom. The fraction of sp³-hybridized carbons (Fsp3) is 0.600. The van der Waals surface area contributed by atoms with Crippen LogP contribution in [0.25, 0.3) is 0 Å². The van der Waals surface area contributed by atoms with Crippen LogP contribution >= 0.6 is 0 Å². The standard InChI is InChI=1S/C15H25NO/c1-4-7-13(3)12-16-14-8-6-9-15(11-14)17-10-5-2/h6,8-9,11,13,16H,4-5,7,10,12H2,1-3H3. The Morgan fingerprint density at radius 1 is 1.24 bits per heavy atom. The highest BCUT2D eigenvalue weighted by Gasteiger charge is 2.01. The van der Waals surface area contributed by atoms with Crippen molar-refractivity contribution in [3.05, 3.63) is 24.3 Å². The number of hydrogen-bond donors (Lipinski definition) is 1. The third kappa shape index (κ3) is 5.62. The van der Waals surface area contributed by atoms with E-state index in [1.807, 2.05) is 12.1 Å². The number of nitrogens with one attached hydrogen (secondary N) is 1. The van der Waals surface area contributed by atoms with E-state index in [2.05, 4.69) is 38.2 Å². The molecular formula is C15H25NO. The summed E-state index contributed by atoms with van der Waals surface area (Å²) in [6.45, 7) is 8.46. The Kier molecular flexibility index (Phi) is 6.53. The van der Waals surface area contributed by atoms with Crippen LogP contribution in [0.5, 0.6) is 5.75 Å². The van der Waals surface area contributed by atoms with Crippen LogP contribution in [0, 0.1) is 5.92 Å². The zero-order chi connectivity index (χ0) is 12.5. The van der Waals surface area contributed by atoms with Crippen LogP contribution in [-0.4, -0.2) is 13.2 Å². The van der Waals surface area contributed by atoms with E-state index >= 15 is 0 Å². The number of rotatable bonds is 8. The second-order valence-corrected chi connectivity index (χ2v) is 4.65. The van der Waals surface area contributed by atoms with E-state index in [0.717, 1.165) is 36.9 Å². The predicted molar refractivity (Wildman–Crippen MR) is 74.8 cm³/mol. The lowest BCUT2D eigenvalue weighted by Crippen LogP contribution is -2.10. The van der Waals surface area contributed by atoms with Crippen molar-refractivity contribution >= 4 is 5.69 Å². The molecule has 0 saturated carbocycles. The molecule has 17 heavy (non-hydrogen) atoms. The molecule has 1 aromatic rings. The van der Waals surface area contributed by atoms with Gasteiger partial charge >= 0.3 is 0 Å². The molecule has 0 bridgehead atoms. The minimum Gasteiger partial charge on any atom is -0.494 e. The van der Waals surface area contributed by atoms with Crippen molar-refractivity contribution in [3.8, 4) is 5.75 Å². The fourth-order valence-electron chi connectivity index (χ4n) is 1.80. The summed E-state index contributed by atoms with van der Waals surface area (Å²) in [5, 5.41) is 3.47. The van der Waals surface area contributed by atoms with Crippen LogP contribution in [0.3, 0.4) is 0 Å². The van der Waals surface area contributed by atoms with Crippen molar-refractivity contribution in [1.29, 1.82) is 0 Å². The van der Waals surface area contributed by atoms with Crippen LogP contribution in [0.1, 0.15) is 40.0 Å². The van der Waals surface area contributed by atoms with E-state index in [1.165, 1.54) is 12.8 Å². The van der Waals surface area contributed by atoms with Gasteiger partial charge in [0.25, 0.3) is 0 Å². The molecule has 0 aliphatic carbocycles. The summed E-state index contributed by atoms with van der Waals surface area (Å²) in [5.74, 6) is 1.68. The second kappa shape index (κ2) is 7.99. The van der Waals surface area contributed by atoms with Gasteiger partial charge in [0.05, 0.1) is 6.61 Å². The molecule has 0 spiro atoms. The van der Waals surface area contributed by atoms with Crippen molar-refractivity contribution in [2.45, 2.75) is 40.0 Å². The van der Waals surface area contributed by atoms with Crippen LogP contribution in [0.4, 0.5) is 5.69 Å². The lowest BCUT2D eigenvalue weighted by atomic mass is 10.1. The van der Waals surface area contributed by atoms with Gasteiger partial charge in [-0.05, 0) is 30.9 Å². The third-order valence-corrected chi connectivity index (χ3v) is 2.74. The zero-order valence-electron chi connectivity index (χ0n) is 11.3. The molecular weight excluding hydrogens is 210 g/mol. The lowest BCUT2D eigenvalue weighted by Gasteiger charge is -2.13. The van der Waals surface area contributed by atoms with Gasteiger partial charge in [0.1, 0.15) is 5.75 Å². The fourth-order valence-corrected chi connectivity index (χ4v) is 1.80. The predicted octanol–water partition coefficient (Wildman–Crippen LogP) is 4.32. The maximum absolute atomic E-state index is 5.61. The van der Waals surface area contributed by atoms with Crippen LogP contribution in [-0.2, 0) is 0 Å². The Labute approximate surface area is 105 Å². The van der Waals surface area contributed by atoms with E-state index < -0.39 is 0 Å². The Morgan fingerprint density at radius 2 is 2.06 bits per heavy atom. The van der Waals surface area contributed by atoms with Gasteiger partial charge in [-0.25, -0.2) is 0 Å². The monoisotopic (exact) mass is 235 g/mol. The van der Waals surface area contributed by atoms with Crippen LogP contribution < -0.4 is 10.1 Å². The van der Waals surface area contributed by atoms with E-state index in [0.29, 0.717) is 0 Å². The molecule has 0 heterocycles. The van der Waals surface area contributed by atoms with Gasteiger partial charge in [-0.15, -0.1) is 0 Å². The summed E-state index contributed by atoms with van der Waals surface area (Å²) in [7, 11) is 0. The number of anilines is 1. The summed E-state index contributed by atoms with van der Waals surface area (Å²) < 4.78 is 5.61. The van der Waals surface area contributed by atoms with Crippen molar-refractivity contribution in [2.24, 2.45) is 5.92 Å². The molecule has 1 N–H and O–H groups in total. The highest BCUT2D eigenvalue weighted by Crippen LogP contribution is 2.18. The number of hydrogen-bond acceptors (Lipinski definition) is 2. The molecule has 0 aliphatic rings. The molecule has 1 aromatic carbocycles. The third-order valence-electron chi connectivity index (χ3n) is 2.74. The molecule has 2 nitrogen and oxygen atoms in total. The maximum Gasteiger partial charge on any atom is 0.121 e. The minimum atomic E-state index is 0.722. The molecule has 0 radical (unpaired) electrons. The van der Waals surface area contributed by atoms with Crippen molar-refractivity contribution in [2.75, 3.05) is 18.5 Å². The normalized spacial score (nSPS) is 12.2. The number of ether oxygens (including phenoxy) is 1. The molecule has 0 aromatic heterocycles. The highest BCUT2D eigenvalue weighted by molar-refractivity contribution is 5.48. The van der Waals surface area contributed by atoms with Crippen LogP contribution in [0.15, 0.2) is 24.3 Å². The van der Waals surface area contributed by atoms with Gasteiger partial charge in [-0.1, -0.05) is 33.3 Å². The van der Waals surface area contributed by atoms with Gasteiger partial charge in [-0.2, -0.15) is 0 Å². The van der Waals surface area contributed by atoms with E-state index in [4.69, 9.17) is 4.74 Å². The van der Waals surface area contributed by atoms with E-state index in [1.54, 1.807) is 0 Å². The summed E-state index contributed by atoms with van der Waals surface area (Å²) in [6, 6.07) is 8.22. The smallest absolute Gasteiger partial charge is 0.121 e. The first-order chi connectivity index (χ1) is 8.26. The quantitative estimate of drug-likeness (QED) is 0.724. The van der Waals surface area contributed by atoms with Crippen LogP contribution in [0.2, 0.25) is 0 Å². The molecule has 2 heteroatoms. The van der Waals surface area contributed by atoms with Crippen molar-refractivity contribution < 1.29 is 4.74 Å². The summed E-state index contributed by atoms with van der Waals surface area (Å²) in [5.41, 5.74) is 1.15. The SMILES string of the molecule is CCCOc1cccc(NCC(C)CCC)c1. The van der Waals surface area contributed by atoms with Gasteiger partial charge in [0, 0.05) is 18.3 Å². The second-order valence-electron chi connectivity index (χ2n) is 4.65. The topological polar surface area (TPSA) is 21.3 Å². The maximum atomic E-state index is 5.61. The molecule has 0 fully saturated rings. The van der Waals surface area contributed by atoms with Gasteiger partial charge in [0.2, 0.25) is 0 Å². The lowest BCUT2D eigenvalue weighted by molar-refractivity contribution is 0.317. The Bertz CT molecular complexity index is 312. The largest absolute Gasteiger partial charge is 0.494 e. The molecule has 1 atom stereocenters. The molecule has 0 aliphatic heterocycles. The van der Waals surface area contributed by atoms with Crippen molar-refractivity contribution in [3.63, 3.8) is 0 Å². The van der Waals surface area contributed by atoms with Gasteiger partial charge in [0.15, 0.2) is 0 Å². The molecule has 1 rings (SSSR count). The average Bonchev–Trinajstić information content (AvgIpc) is 2.35. The first kappa shape index (κ1) is 13.9. The summed E-state index contributed by atoms with van der Waals surface area (Å²) in [6.07, 6.45) is 3.58. The Balaban J connectivity index is 2.42. The van der Waals surface area contributed by atoms with Crippen molar-refractivity contribution in [1.82, 2.24) is 0 Å². The zero-order valence-corrected chi connectivity index (χ0v) is 11.3. The molecule has 1 unspecified atom stereocenters. The first-order valence-corrected chi connectivity index (χ1v) is 6.73.